The number of carbonyl (C=O) groups excluding carboxylic acids is 1. The number of hydrogen-bond acceptors (Lipinski definition) is 5. The lowest BCUT2D eigenvalue weighted by molar-refractivity contribution is -0.140. The zero-order valence-electron chi connectivity index (χ0n) is 9.83. The van der Waals surface area contributed by atoms with E-state index in [9.17, 15) is 9.59 Å². The molecule has 2 rings (SSSR count). The van der Waals surface area contributed by atoms with E-state index >= 15 is 0 Å². The molecule has 1 amide bonds. The fraction of sp³-hybridized carbons (Fsp3) is 0.636. The highest BCUT2D eigenvalue weighted by atomic mass is 32.2. The Kier molecular flexibility index (Phi) is 4.35. The van der Waals surface area contributed by atoms with E-state index in [-0.39, 0.29) is 24.1 Å². The van der Waals surface area contributed by atoms with Crippen molar-refractivity contribution in [3.63, 3.8) is 0 Å². The molecule has 1 N–H and O–H groups in total. The molecule has 0 radical (unpaired) electrons. The van der Waals surface area contributed by atoms with Gasteiger partial charge in [0.25, 0.3) is 5.91 Å². The van der Waals surface area contributed by atoms with Crippen LogP contribution >= 0.6 is 11.8 Å². The van der Waals surface area contributed by atoms with Crippen molar-refractivity contribution in [2.75, 3.05) is 31.3 Å². The summed E-state index contributed by atoms with van der Waals surface area (Å²) in [6.07, 6.45) is 1.28. The average molecular weight is 273 g/mol. The van der Waals surface area contributed by atoms with Crippen LogP contribution in [0.2, 0.25) is 0 Å². The maximum Gasteiger partial charge on any atom is 0.305 e. The second-order valence-electron chi connectivity index (χ2n) is 4.03. The lowest BCUT2D eigenvalue weighted by Crippen LogP contribution is -2.48. The summed E-state index contributed by atoms with van der Waals surface area (Å²) in [5.74, 6) is 0.460. The van der Waals surface area contributed by atoms with Crippen LogP contribution in [0, 0.1) is 0 Å². The van der Waals surface area contributed by atoms with Gasteiger partial charge in [0.1, 0.15) is 19.5 Å². The molecule has 1 saturated heterocycles. The lowest BCUT2D eigenvalue weighted by Gasteiger charge is -2.35. The molecule has 2 heterocycles. The molecule has 1 unspecified atom stereocenters. The van der Waals surface area contributed by atoms with Gasteiger partial charge in [-0.1, -0.05) is 0 Å². The molecule has 0 aromatic heterocycles. The standard InChI is InChI=1S/C11H15NO5S/c13-10(14)5-8-7-18-4-1-12(8)11(15)9-6-16-2-3-17-9/h6,8H,1-5,7H2,(H,13,14). The van der Waals surface area contributed by atoms with Crippen molar-refractivity contribution >= 4 is 23.6 Å². The van der Waals surface area contributed by atoms with Gasteiger partial charge in [-0.05, 0) is 0 Å². The minimum atomic E-state index is -0.893. The first-order valence-corrected chi connectivity index (χ1v) is 6.89. The van der Waals surface area contributed by atoms with Crippen LogP contribution in [-0.2, 0) is 19.1 Å². The van der Waals surface area contributed by atoms with Gasteiger partial charge in [0.2, 0.25) is 5.76 Å². The maximum atomic E-state index is 12.2. The van der Waals surface area contributed by atoms with Crippen molar-refractivity contribution in [2.45, 2.75) is 12.5 Å². The number of amides is 1. The molecule has 7 heteroatoms. The summed E-state index contributed by atoms with van der Waals surface area (Å²) >= 11 is 1.66. The summed E-state index contributed by atoms with van der Waals surface area (Å²) in [5, 5.41) is 8.86. The Balaban J connectivity index is 2.05. The number of carbonyl (C=O) groups is 2. The average Bonchev–Trinajstić information content (AvgIpc) is 2.39. The zero-order valence-corrected chi connectivity index (χ0v) is 10.6. The second kappa shape index (κ2) is 5.99. The van der Waals surface area contributed by atoms with Crippen molar-refractivity contribution < 1.29 is 24.2 Å². The van der Waals surface area contributed by atoms with E-state index in [1.807, 2.05) is 0 Å². The van der Waals surface area contributed by atoms with Gasteiger partial charge >= 0.3 is 5.97 Å². The highest BCUT2D eigenvalue weighted by Crippen LogP contribution is 2.22. The summed E-state index contributed by atoms with van der Waals surface area (Å²) in [6.45, 7) is 1.33. The van der Waals surface area contributed by atoms with E-state index in [4.69, 9.17) is 14.6 Å². The van der Waals surface area contributed by atoms with Crippen LogP contribution in [0.3, 0.4) is 0 Å². The fourth-order valence-corrected chi connectivity index (χ4v) is 2.98. The largest absolute Gasteiger partial charge is 0.494 e. The van der Waals surface area contributed by atoms with Crippen LogP contribution < -0.4 is 0 Å². The monoisotopic (exact) mass is 273 g/mol. The van der Waals surface area contributed by atoms with Gasteiger partial charge in [-0.3, -0.25) is 9.59 Å². The maximum absolute atomic E-state index is 12.2. The van der Waals surface area contributed by atoms with E-state index in [1.54, 1.807) is 16.7 Å². The Bertz CT molecular complexity index is 370. The molecule has 18 heavy (non-hydrogen) atoms. The van der Waals surface area contributed by atoms with Crippen LogP contribution in [-0.4, -0.2) is 59.2 Å². The van der Waals surface area contributed by atoms with E-state index < -0.39 is 5.97 Å². The van der Waals surface area contributed by atoms with E-state index in [1.165, 1.54) is 6.26 Å². The molecule has 100 valence electrons. The molecule has 2 aliphatic rings. The zero-order chi connectivity index (χ0) is 13.0. The van der Waals surface area contributed by atoms with Crippen LogP contribution in [0.15, 0.2) is 12.0 Å². The predicted octanol–water partition coefficient (Wildman–Crippen LogP) is 0.293. The summed E-state index contributed by atoms with van der Waals surface area (Å²) in [5.41, 5.74) is 0. The molecule has 1 atom stereocenters. The Hall–Kier alpha value is -1.37. The summed E-state index contributed by atoms with van der Waals surface area (Å²) in [4.78, 5) is 24.6. The number of thioether (sulfide) groups is 1. The second-order valence-corrected chi connectivity index (χ2v) is 5.18. The van der Waals surface area contributed by atoms with Crippen molar-refractivity contribution in [1.29, 1.82) is 0 Å². The van der Waals surface area contributed by atoms with E-state index in [2.05, 4.69) is 0 Å². The van der Waals surface area contributed by atoms with Crippen LogP contribution in [0.25, 0.3) is 0 Å². The minimum absolute atomic E-state index is 0.0348. The van der Waals surface area contributed by atoms with Gasteiger partial charge in [0, 0.05) is 18.1 Å². The lowest BCUT2D eigenvalue weighted by atomic mass is 10.2. The molecule has 0 aromatic rings. The summed E-state index contributed by atoms with van der Waals surface area (Å²) in [6, 6.07) is -0.278. The molecular formula is C11H15NO5S. The Morgan fingerprint density at radius 3 is 3.00 bits per heavy atom. The third-order valence-corrected chi connectivity index (χ3v) is 3.85. The van der Waals surface area contributed by atoms with Crippen molar-refractivity contribution in [3.8, 4) is 0 Å². The van der Waals surface area contributed by atoms with E-state index in [0.29, 0.717) is 25.5 Å². The molecule has 6 nitrogen and oxygen atoms in total. The molecule has 0 spiro atoms. The first-order chi connectivity index (χ1) is 8.68. The number of hydrogen-bond donors (Lipinski definition) is 1. The molecule has 0 bridgehead atoms. The Morgan fingerprint density at radius 2 is 2.33 bits per heavy atom. The Morgan fingerprint density at radius 1 is 1.50 bits per heavy atom. The van der Waals surface area contributed by atoms with Gasteiger partial charge < -0.3 is 19.5 Å². The number of rotatable bonds is 3. The van der Waals surface area contributed by atoms with Gasteiger partial charge in [0.05, 0.1) is 12.5 Å². The molecule has 0 saturated carbocycles. The minimum Gasteiger partial charge on any atom is -0.494 e. The van der Waals surface area contributed by atoms with Crippen molar-refractivity contribution in [2.24, 2.45) is 0 Å². The number of nitrogens with zero attached hydrogens (tertiary/aromatic N) is 1. The van der Waals surface area contributed by atoms with Gasteiger partial charge in [-0.25, -0.2) is 0 Å². The first kappa shape index (κ1) is 13.1. The third kappa shape index (κ3) is 3.10. The van der Waals surface area contributed by atoms with Gasteiger partial charge in [-0.2, -0.15) is 11.8 Å². The van der Waals surface area contributed by atoms with Crippen molar-refractivity contribution in [3.05, 3.63) is 12.0 Å². The molecule has 0 aromatic carbocycles. The number of carboxylic acids is 1. The SMILES string of the molecule is O=C(O)CC1CSCCN1C(=O)C1=COCCO1. The van der Waals surface area contributed by atoms with Crippen LogP contribution in [0.5, 0.6) is 0 Å². The molecule has 1 fully saturated rings. The number of ether oxygens (including phenoxy) is 2. The number of aliphatic carboxylic acids is 1. The highest BCUT2D eigenvalue weighted by molar-refractivity contribution is 7.99. The molecular weight excluding hydrogens is 258 g/mol. The Labute approximate surface area is 109 Å². The third-order valence-electron chi connectivity index (χ3n) is 2.76. The topological polar surface area (TPSA) is 76.1 Å². The van der Waals surface area contributed by atoms with Crippen LogP contribution in [0.4, 0.5) is 0 Å². The first-order valence-electron chi connectivity index (χ1n) is 5.73. The summed E-state index contributed by atoms with van der Waals surface area (Å²) < 4.78 is 10.3. The highest BCUT2D eigenvalue weighted by Gasteiger charge is 2.32. The quantitative estimate of drug-likeness (QED) is 0.796. The fourth-order valence-electron chi connectivity index (χ4n) is 1.91. The smallest absolute Gasteiger partial charge is 0.305 e. The normalized spacial score (nSPS) is 23.7. The number of carboxylic acid groups (broad SMARTS) is 1. The van der Waals surface area contributed by atoms with E-state index in [0.717, 1.165) is 5.75 Å². The summed E-state index contributed by atoms with van der Waals surface area (Å²) in [7, 11) is 0. The van der Waals surface area contributed by atoms with Crippen LogP contribution in [0.1, 0.15) is 6.42 Å². The van der Waals surface area contributed by atoms with Gasteiger partial charge in [0.15, 0.2) is 0 Å². The van der Waals surface area contributed by atoms with Gasteiger partial charge in [-0.15, -0.1) is 0 Å². The predicted molar refractivity (Wildman–Crippen MR) is 65.1 cm³/mol. The van der Waals surface area contributed by atoms with Crippen molar-refractivity contribution in [1.82, 2.24) is 4.90 Å². The molecule has 2 aliphatic heterocycles. The molecule has 0 aliphatic carbocycles.